The van der Waals surface area contributed by atoms with Crippen molar-refractivity contribution in [1.29, 1.82) is 0 Å². The molecule has 0 aromatic heterocycles. The Morgan fingerprint density at radius 1 is 0.842 bits per heavy atom. The van der Waals surface area contributed by atoms with Crippen molar-refractivity contribution in [2.45, 2.75) is 26.2 Å². The van der Waals surface area contributed by atoms with Gasteiger partial charge < -0.3 is 0 Å². The van der Waals surface area contributed by atoms with Crippen molar-refractivity contribution < 1.29 is 4.39 Å². The molecule has 2 rings (SSSR count). The molecule has 0 saturated heterocycles. The maximum absolute atomic E-state index is 11.9. The summed E-state index contributed by atoms with van der Waals surface area (Å²) >= 11 is 0. The van der Waals surface area contributed by atoms with Crippen molar-refractivity contribution in [3.8, 4) is 11.1 Å². The van der Waals surface area contributed by atoms with Gasteiger partial charge in [-0.15, -0.1) is 0 Å². The van der Waals surface area contributed by atoms with Crippen LogP contribution in [-0.2, 0) is 12.8 Å². The zero-order valence-electron chi connectivity index (χ0n) is 11.3. The van der Waals surface area contributed by atoms with Gasteiger partial charge in [0.05, 0.1) is 6.33 Å². The van der Waals surface area contributed by atoms with Crippen LogP contribution in [0, 0.1) is 0 Å². The lowest BCUT2D eigenvalue weighted by molar-refractivity contribution is 0.713. The third-order valence-electron chi connectivity index (χ3n) is 3.34. The summed E-state index contributed by atoms with van der Waals surface area (Å²) in [5, 5.41) is 0. The maximum atomic E-state index is 11.9. The number of allylic oxidation sites excluding steroid dienone is 1. The van der Waals surface area contributed by atoms with Crippen LogP contribution in [0.25, 0.3) is 11.1 Å². The van der Waals surface area contributed by atoms with Crippen LogP contribution in [0.2, 0.25) is 0 Å². The van der Waals surface area contributed by atoms with Gasteiger partial charge in [-0.2, -0.15) is 0 Å². The topological polar surface area (TPSA) is 0 Å². The summed E-state index contributed by atoms with van der Waals surface area (Å²) in [6.07, 6.45) is 4.87. The van der Waals surface area contributed by atoms with Gasteiger partial charge in [-0.05, 0) is 41.5 Å². The number of rotatable bonds is 5. The Bertz CT molecular complexity index is 521. The number of halogens is 1. The number of hydrogen-bond donors (Lipinski definition) is 0. The molecule has 0 heterocycles. The quantitative estimate of drug-likeness (QED) is 0.676. The molecule has 0 atom stereocenters. The lowest BCUT2D eigenvalue weighted by Crippen LogP contribution is -1.85. The molecule has 0 bridgehead atoms. The standard InChI is InChI=1S/C18H19F/c1-2-15-6-10-17(11-7-15)18-12-8-16(9-13-18)5-3-4-14-19/h4,6-14H,2-3,5H2,1H3. The fourth-order valence-corrected chi connectivity index (χ4v) is 2.11. The molecule has 0 unspecified atom stereocenters. The van der Waals surface area contributed by atoms with Gasteiger partial charge in [0.25, 0.3) is 0 Å². The van der Waals surface area contributed by atoms with Crippen molar-refractivity contribution in [3.05, 3.63) is 72.1 Å². The molecule has 0 aliphatic carbocycles. The van der Waals surface area contributed by atoms with Crippen LogP contribution in [0.1, 0.15) is 24.5 Å². The average Bonchev–Trinajstić information content (AvgIpc) is 2.48. The van der Waals surface area contributed by atoms with Crippen LogP contribution >= 0.6 is 0 Å². The van der Waals surface area contributed by atoms with Crippen LogP contribution in [0.15, 0.2) is 60.9 Å². The molecule has 0 nitrogen and oxygen atoms in total. The summed E-state index contributed by atoms with van der Waals surface area (Å²) in [6, 6.07) is 17.2. The van der Waals surface area contributed by atoms with Gasteiger partial charge in [-0.3, -0.25) is 0 Å². The van der Waals surface area contributed by atoms with E-state index in [1.165, 1.54) is 22.3 Å². The van der Waals surface area contributed by atoms with E-state index in [2.05, 4.69) is 55.5 Å². The first-order valence-electron chi connectivity index (χ1n) is 6.77. The molecule has 0 spiro atoms. The van der Waals surface area contributed by atoms with E-state index in [0.717, 1.165) is 19.3 Å². The minimum atomic E-state index is 0.615. The zero-order chi connectivity index (χ0) is 13.5. The SMILES string of the molecule is CCc1ccc(-c2ccc(CCC=CF)cc2)cc1. The molecule has 19 heavy (non-hydrogen) atoms. The van der Waals surface area contributed by atoms with Gasteiger partial charge in [0.2, 0.25) is 0 Å². The number of hydrogen-bond acceptors (Lipinski definition) is 0. The Hall–Kier alpha value is -1.89. The largest absolute Gasteiger partial charge is 0.216 e. The fraction of sp³-hybridized carbons (Fsp3) is 0.222. The normalized spacial score (nSPS) is 11.1. The Balaban J connectivity index is 2.08. The summed E-state index contributed by atoms with van der Waals surface area (Å²) in [6.45, 7) is 2.16. The van der Waals surface area contributed by atoms with E-state index in [-0.39, 0.29) is 0 Å². The second kappa shape index (κ2) is 6.89. The Labute approximate surface area is 114 Å². The monoisotopic (exact) mass is 254 g/mol. The molecule has 1 heteroatoms. The highest BCUT2D eigenvalue weighted by atomic mass is 19.1. The summed E-state index contributed by atoms with van der Waals surface area (Å²) in [4.78, 5) is 0. The Kier molecular flexibility index (Phi) is 4.91. The van der Waals surface area contributed by atoms with Crippen molar-refractivity contribution in [1.82, 2.24) is 0 Å². The van der Waals surface area contributed by atoms with Crippen molar-refractivity contribution in [3.63, 3.8) is 0 Å². The molecule has 0 aliphatic heterocycles. The highest BCUT2D eigenvalue weighted by Crippen LogP contribution is 2.21. The van der Waals surface area contributed by atoms with Crippen LogP contribution < -0.4 is 0 Å². The van der Waals surface area contributed by atoms with Gasteiger partial charge in [0.15, 0.2) is 0 Å². The third kappa shape index (κ3) is 3.78. The lowest BCUT2D eigenvalue weighted by atomic mass is 10.0. The highest BCUT2D eigenvalue weighted by Gasteiger charge is 1.98. The van der Waals surface area contributed by atoms with Crippen molar-refractivity contribution in [2.24, 2.45) is 0 Å². The molecule has 0 radical (unpaired) electrons. The van der Waals surface area contributed by atoms with Gasteiger partial charge in [-0.1, -0.05) is 61.5 Å². The third-order valence-corrected chi connectivity index (χ3v) is 3.34. The second-order valence-corrected chi connectivity index (χ2v) is 4.65. The minimum absolute atomic E-state index is 0.615. The van der Waals surface area contributed by atoms with Crippen molar-refractivity contribution in [2.75, 3.05) is 0 Å². The molecular formula is C18H19F. The smallest absolute Gasteiger partial charge is 0.0827 e. The van der Waals surface area contributed by atoms with Crippen LogP contribution in [0.3, 0.4) is 0 Å². The molecule has 0 fully saturated rings. The first-order chi connectivity index (χ1) is 9.33. The molecule has 0 aliphatic rings. The summed E-state index contributed by atoms with van der Waals surface area (Å²) < 4.78 is 11.9. The molecule has 0 amide bonds. The second-order valence-electron chi connectivity index (χ2n) is 4.65. The summed E-state index contributed by atoms with van der Waals surface area (Å²) in [5.74, 6) is 0. The predicted molar refractivity (Wildman–Crippen MR) is 79.8 cm³/mol. The molecule has 2 aromatic rings. The molecule has 98 valence electrons. The van der Waals surface area contributed by atoms with E-state index < -0.39 is 0 Å². The Morgan fingerprint density at radius 2 is 1.37 bits per heavy atom. The lowest BCUT2D eigenvalue weighted by Gasteiger charge is -2.05. The minimum Gasteiger partial charge on any atom is -0.216 e. The van der Waals surface area contributed by atoms with Crippen LogP contribution in [0.4, 0.5) is 4.39 Å². The predicted octanol–water partition coefficient (Wildman–Crippen LogP) is 5.33. The summed E-state index contributed by atoms with van der Waals surface area (Å²) in [5.41, 5.74) is 5.07. The van der Waals surface area contributed by atoms with E-state index >= 15 is 0 Å². The number of benzene rings is 2. The van der Waals surface area contributed by atoms with Gasteiger partial charge in [-0.25, -0.2) is 4.39 Å². The van der Waals surface area contributed by atoms with Gasteiger partial charge >= 0.3 is 0 Å². The van der Waals surface area contributed by atoms with E-state index in [1.807, 2.05) is 0 Å². The molecule has 0 N–H and O–H groups in total. The first kappa shape index (κ1) is 13.5. The molecule has 0 saturated carbocycles. The van der Waals surface area contributed by atoms with Crippen LogP contribution in [-0.4, -0.2) is 0 Å². The average molecular weight is 254 g/mol. The van der Waals surface area contributed by atoms with Gasteiger partial charge in [0, 0.05) is 0 Å². The maximum Gasteiger partial charge on any atom is 0.0827 e. The molecular weight excluding hydrogens is 235 g/mol. The fourth-order valence-electron chi connectivity index (χ4n) is 2.11. The molecule has 2 aromatic carbocycles. The highest BCUT2D eigenvalue weighted by molar-refractivity contribution is 5.63. The van der Waals surface area contributed by atoms with Gasteiger partial charge in [0.1, 0.15) is 0 Å². The van der Waals surface area contributed by atoms with Crippen LogP contribution in [0.5, 0.6) is 0 Å². The van der Waals surface area contributed by atoms with E-state index in [4.69, 9.17) is 0 Å². The van der Waals surface area contributed by atoms with Crippen molar-refractivity contribution >= 4 is 0 Å². The van der Waals surface area contributed by atoms with E-state index in [1.54, 1.807) is 6.08 Å². The number of aryl methyl sites for hydroxylation is 2. The van der Waals surface area contributed by atoms with E-state index in [9.17, 15) is 4.39 Å². The Morgan fingerprint density at radius 3 is 1.84 bits per heavy atom. The summed E-state index contributed by atoms with van der Waals surface area (Å²) in [7, 11) is 0. The first-order valence-corrected chi connectivity index (χ1v) is 6.77. The van der Waals surface area contributed by atoms with E-state index in [0.29, 0.717) is 6.33 Å². The zero-order valence-corrected chi connectivity index (χ0v) is 11.3.